The van der Waals surface area contributed by atoms with E-state index in [1.54, 1.807) is 19.0 Å². The van der Waals surface area contributed by atoms with Gasteiger partial charge in [0.15, 0.2) is 0 Å². The van der Waals surface area contributed by atoms with Gasteiger partial charge in [0, 0.05) is 13.1 Å². The van der Waals surface area contributed by atoms with Gasteiger partial charge in [-0.15, -0.1) is 0 Å². The normalized spacial score (nSPS) is 19.5. The van der Waals surface area contributed by atoms with Gasteiger partial charge in [-0.3, -0.25) is 0 Å². The molecule has 0 aromatic rings. The highest BCUT2D eigenvalue weighted by Gasteiger charge is 2.40. The number of hydrogen-bond acceptors (Lipinski definition) is 6. The summed E-state index contributed by atoms with van der Waals surface area (Å²) in [6, 6.07) is 0. The van der Waals surface area contributed by atoms with Crippen molar-refractivity contribution < 1.29 is 15.3 Å². The highest BCUT2D eigenvalue weighted by atomic mass is 16.3. The fourth-order valence-corrected chi connectivity index (χ4v) is 1.42. The predicted molar refractivity (Wildman–Crippen MR) is 63.1 cm³/mol. The number of nitrogens with zero attached hydrogens (tertiary/aromatic N) is 1. The Morgan fingerprint density at radius 2 is 1.88 bits per heavy atom. The predicted octanol–water partition coefficient (Wildman–Crippen LogP) is -2.43. The van der Waals surface area contributed by atoms with E-state index in [9.17, 15) is 15.3 Å². The fourth-order valence-electron chi connectivity index (χ4n) is 1.42. The van der Waals surface area contributed by atoms with E-state index in [4.69, 9.17) is 5.73 Å². The van der Waals surface area contributed by atoms with E-state index in [-0.39, 0.29) is 6.54 Å². The van der Waals surface area contributed by atoms with E-state index in [0.717, 1.165) is 0 Å². The molecule has 0 saturated carbocycles. The van der Waals surface area contributed by atoms with Crippen molar-refractivity contribution in [3.63, 3.8) is 0 Å². The lowest BCUT2D eigenvalue weighted by molar-refractivity contribution is -0.0458. The maximum absolute atomic E-state index is 9.89. The van der Waals surface area contributed by atoms with Crippen LogP contribution in [0.15, 0.2) is 0 Å². The van der Waals surface area contributed by atoms with Crippen LogP contribution in [-0.4, -0.2) is 78.3 Å². The van der Waals surface area contributed by atoms with Crippen LogP contribution in [0.1, 0.15) is 6.92 Å². The van der Waals surface area contributed by atoms with Gasteiger partial charge in [-0.1, -0.05) is 6.92 Å². The quantitative estimate of drug-likeness (QED) is 0.321. The summed E-state index contributed by atoms with van der Waals surface area (Å²) in [5.74, 6) is 0. The molecular weight excluding hydrogens is 210 g/mol. The number of hydrogen-bond donors (Lipinski definition) is 5. The summed E-state index contributed by atoms with van der Waals surface area (Å²) in [5.41, 5.74) is 4.46. The fraction of sp³-hybridized carbons (Fsp3) is 1.00. The smallest absolute Gasteiger partial charge is 0.0939 e. The second-order valence-corrected chi connectivity index (χ2v) is 4.37. The third-order valence-electron chi connectivity index (χ3n) is 2.64. The average Bonchev–Trinajstić information content (AvgIpc) is 2.23. The second-order valence-electron chi connectivity index (χ2n) is 4.37. The summed E-state index contributed by atoms with van der Waals surface area (Å²) in [6.45, 7) is 2.68. The van der Waals surface area contributed by atoms with Crippen molar-refractivity contribution in [2.24, 2.45) is 5.73 Å². The first-order chi connectivity index (χ1) is 7.38. The van der Waals surface area contributed by atoms with E-state index in [2.05, 4.69) is 5.32 Å². The van der Waals surface area contributed by atoms with Crippen LogP contribution in [0.25, 0.3) is 0 Å². The summed E-state index contributed by atoms with van der Waals surface area (Å²) in [5, 5.41) is 31.9. The van der Waals surface area contributed by atoms with Gasteiger partial charge in [0.2, 0.25) is 0 Å². The van der Waals surface area contributed by atoms with Crippen LogP contribution >= 0.6 is 0 Å². The molecular formula is C10H25N3O3. The first-order valence-corrected chi connectivity index (χ1v) is 5.49. The van der Waals surface area contributed by atoms with Crippen LogP contribution in [0.4, 0.5) is 0 Å². The van der Waals surface area contributed by atoms with E-state index in [0.29, 0.717) is 13.1 Å². The zero-order valence-corrected chi connectivity index (χ0v) is 10.3. The SMILES string of the molecule is CCNCC(O)C(N)(CO)C(O)CN(C)C. The first-order valence-electron chi connectivity index (χ1n) is 5.49. The van der Waals surface area contributed by atoms with Gasteiger partial charge < -0.3 is 31.3 Å². The molecule has 0 aliphatic heterocycles. The summed E-state index contributed by atoms with van der Waals surface area (Å²) in [6.07, 6.45) is -1.98. The Balaban J connectivity index is 4.48. The molecule has 6 nitrogen and oxygen atoms in total. The van der Waals surface area contributed by atoms with Gasteiger partial charge in [0.05, 0.1) is 24.4 Å². The van der Waals surface area contributed by atoms with Crippen LogP contribution < -0.4 is 11.1 Å². The molecule has 0 bridgehead atoms. The van der Waals surface area contributed by atoms with Gasteiger partial charge in [-0.05, 0) is 20.6 Å². The molecule has 0 saturated heterocycles. The van der Waals surface area contributed by atoms with Crippen molar-refractivity contribution in [1.29, 1.82) is 0 Å². The first kappa shape index (κ1) is 15.8. The maximum Gasteiger partial charge on any atom is 0.0939 e. The number of nitrogens with two attached hydrogens (primary N) is 1. The highest BCUT2D eigenvalue weighted by Crippen LogP contribution is 2.13. The lowest BCUT2D eigenvalue weighted by Gasteiger charge is -2.38. The highest BCUT2D eigenvalue weighted by molar-refractivity contribution is 4.99. The van der Waals surface area contributed by atoms with E-state index < -0.39 is 24.4 Å². The molecule has 0 aromatic carbocycles. The Morgan fingerprint density at radius 1 is 1.31 bits per heavy atom. The van der Waals surface area contributed by atoms with Gasteiger partial charge in [0.1, 0.15) is 0 Å². The molecule has 0 heterocycles. The number of likely N-dealkylation sites (N-methyl/N-ethyl adjacent to an activating group) is 2. The monoisotopic (exact) mass is 235 g/mol. The summed E-state index contributed by atoms with van der Waals surface area (Å²) >= 11 is 0. The van der Waals surface area contributed by atoms with Gasteiger partial charge in [0.25, 0.3) is 0 Å². The Hall–Kier alpha value is -0.240. The number of rotatable bonds is 8. The van der Waals surface area contributed by atoms with E-state index in [1.807, 2.05) is 6.92 Å². The standard InChI is InChI=1S/C10H25N3O3/c1-4-12-5-8(15)10(11,7-14)9(16)6-13(2)3/h8-9,12,14-16H,4-7,11H2,1-3H3. The van der Waals surface area contributed by atoms with Crippen molar-refractivity contribution in [2.75, 3.05) is 40.3 Å². The molecule has 0 aromatic heterocycles. The number of nitrogens with one attached hydrogen (secondary N) is 1. The molecule has 0 aliphatic rings. The third-order valence-corrected chi connectivity index (χ3v) is 2.64. The molecule has 0 amide bonds. The molecule has 0 radical (unpaired) electrons. The Bertz CT molecular complexity index is 192. The van der Waals surface area contributed by atoms with Gasteiger partial charge >= 0.3 is 0 Å². The van der Waals surface area contributed by atoms with Crippen molar-refractivity contribution in [3.05, 3.63) is 0 Å². The van der Waals surface area contributed by atoms with Crippen LogP contribution in [-0.2, 0) is 0 Å². The minimum atomic E-state index is -1.40. The Labute approximate surface area is 97.1 Å². The summed E-state index contributed by atoms with van der Waals surface area (Å²) in [4.78, 5) is 1.75. The van der Waals surface area contributed by atoms with Gasteiger partial charge in [-0.2, -0.15) is 0 Å². The third kappa shape index (κ3) is 4.32. The van der Waals surface area contributed by atoms with E-state index in [1.165, 1.54) is 0 Å². The minimum Gasteiger partial charge on any atom is -0.394 e. The molecule has 0 rings (SSSR count). The molecule has 6 N–H and O–H groups in total. The van der Waals surface area contributed by atoms with Crippen LogP contribution in [0.5, 0.6) is 0 Å². The minimum absolute atomic E-state index is 0.248. The molecule has 3 unspecified atom stereocenters. The zero-order valence-electron chi connectivity index (χ0n) is 10.3. The van der Waals surface area contributed by atoms with Crippen LogP contribution in [0.2, 0.25) is 0 Å². The molecule has 0 fully saturated rings. The van der Waals surface area contributed by atoms with E-state index >= 15 is 0 Å². The van der Waals surface area contributed by atoms with Crippen molar-refractivity contribution in [2.45, 2.75) is 24.7 Å². The molecule has 3 atom stereocenters. The van der Waals surface area contributed by atoms with Crippen LogP contribution in [0, 0.1) is 0 Å². The molecule has 0 aliphatic carbocycles. The van der Waals surface area contributed by atoms with Crippen molar-refractivity contribution in [3.8, 4) is 0 Å². The van der Waals surface area contributed by atoms with Crippen molar-refractivity contribution >= 4 is 0 Å². The Kier molecular flexibility index (Phi) is 7.05. The molecule has 16 heavy (non-hydrogen) atoms. The molecule has 98 valence electrons. The Morgan fingerprint density at radius 3 is 2.25 bits per heavy atom. The zero-order chi connectivity index (χ0) is 12.8. The number of aliphatic hydroxyl groups is 3. The maximum atomic E-state index is 9.89. The molecule has 0 spiro atoms. The summed E-state index contributed by atoms with van der Waals surface area (Å²) < 4.78 is 0. The number of aliphatic hydroxyl groups excluding tert-OH is 3. The largest absolute Gasteiger partial charge is 0.394 e. The lowest BCUT2D eigenvalue weighted by Crippen LogP contribution is -2.66. The lowest BCUT2D eigenvalue weighted by atomic mass is 9.87. The molecule has 6 heteroatoms. The average molecular weight is 235 g/mol. The summed E-state index contributed by atoms with van der Waals surface area (Å²) in [7, 11) is 3.58. The topological polar surface area (TPSA) is 102 Å². The van der Waals surface area contributed by atoms with Gasteiger partial charge in [-0.25, -0.2) is 0 Å². The van der Waals surface area contributed by atoms with Crippen molar-refractivity contribution in [1.82, 2.24) is 10.2 Å². The second kappa shape index (κ2) is 7.16. The van der Waals surface area contributed by atoms with Crippen LogP contribution in [0.3, 0.4) is 0 Å².